The summed E-state index contributed by atoms with van der Waals surface area (Å²) in [5.41, 5.74) is 5.80. The first-order chi connectivity index (χ1) is 20.1. The van der Waals surface area contributed by atoms with E-state index in [4.69, 9.17) is 4.52 Å². The first kappa shape index (κ1) is 32.5. The first-order valence-corrected chi connectivity index (χ1v) is 14.6. The normalized spacial score (nSPS) is 16.9. The van der Waals surface area contributed by atoms with Gasteiger partial charge in [-0.05, 0) is 54.5 Å². The number of aliphatic hydroxyl groups excluding tert-OH is 1. The van der Waals surface area contributed by atoms with Gasteiger partial charge in [0.1, 0.15) is 17.8 Å². The number of likely N-dealkylation sites (tertiary alicyclic amines) is 1. The third kappa shape index (κ3) is 7.45. The zero-order valence-corrected chi connectivity index (χ0v) is 25.8. The summed E-state index contributed by atoms with van der Waals surface area (Å²) in [4.78, 5) is 42.3. The van der Waals surface area contributed by atoms with Gasteiger partial charge >= 0.3 is 0 Å². The number of aryl methyl sites for hydroxylation is 3. The van der Waals surface area contributed by atoms with Gasteiger partial charge in [-0.25, -0.2) is 0 Å². The molecule has 1 saturated heterocycles. The molecule has 1 aliphatic heterocycles. The van der Waals surface area contributed by atoms with Crippen LogP contribution >= 0.6 is 0 Å². The molecule has 0 spiro atoms. The molecule has 1 aromatic heterocycles. The second-order valence-corrected chi connectivity index (χ2v) is 10.9. The highest BCUT2D eigenvalue weighted by Gasteiger charge is 2.43. The molecule has 4 rings (SSSR count). The summed E-state index contributed by atoms with van der Waals surface area (Å²) in [6.45, 7) is 14.2. The van der Waals surface area contributed by atoms with Crippen LogP contribution in [0.2, 0.25) is 0 Å². The van der Waals surface area contributed by atoms with E-state index in [1.54, 1.807) is 6.20 Å². The van der Waals surface area contributed by atoms with Crippen molar-refractivity contribution in [2.24, 2.45) is 5.92 Å². The van der Waals surface area contributed by atoms with Gasteiger partial charge in [0.15, 0.2) is 0 Å². The topological polar surface area (TPSA) is 116 Å². The molecule has 1 fully saturated rings. The van der Waals surface area contributed by atoms with Crippen LogP contribution in [0.5, 0.6) is 0 Å². The maximum absolute atomic E-state index is 13.9. The van der Waals surface area contributed by atoms with Crippen molar-refractivity contribution >= 4 is 18.2 Å². The number of amides is 3. The summed E-state index contributed by atoms with van der Waals surface area (Å²) in [5.74, 6) is -0.130. The van der Waals surface area contributed by atoms with Crippen molar-refractivity contribution in [3.63, 3.8) is 0 Å². The molecule has 0 aliphatic carbocycles. The quantitative estimate of drug-likeness (QED) is 0.342. The largest absolute Gasteiger partial charge is 0.391 e. The van der Waals surface area contributed by atoms with Crippen molar-refractivity contribution in [2.75, 3.05) is 6.54 Å². The predicted octanol–water partition coefficient (Wildman–Crippen LogP) is 4.55. The summed E-state index contributed by atoms with van der Waals surface area (Å²) in [6.07, 6.45) is 1.71. The molecule has 9 nitrogen and oxygen atoms in total. The standard InChI is InChI=1S/C31H38N4O5.C2H6/c1-19(2)29(34(18-36)16-25-9-7-6-8-20(25)3)31(39)35-17-26(37)13-28(35)30(38)32-14-24-11-10-23(12-21(24)4)27-15-33-40-22(27)5;1-2/h6-12,15,18-19,26,28-29,37H,13-14,16-17H2,1-5H3,(H,32,38);1-2H3. The third-order valence-electron chi connectivity index (χ3n) is 7.71. The highest BCUT2D eigenvalue weighted by atomic mass is 16.5. The van der Waals surface area contributed by atoms with Gasteiger partial charge < -0.3 is 24.7 Å². The monoisotopic (exact) mass is 576 g/mol. The lowest BCUT2D eigenvalue weighted by molar-refractivity contribution is -0.147. The van der Waals surface area contributed by atoms with E-state index in [1.165, 1.54) is 9.80 Å². The van der Waals surface area contributed by atoms with Crippen LogP contribution in [0.1, 0.15) is 62.1 Å². The number of hydrogen-bond donors (Lipinski definition) is 2. The molecule has 1 aliphatic rings. The Balaban J connectivity index is 0.00000237. The molecule has 2 N–H and O–H groups in total. The molecule has 3 aromatic rings. The Labute approximate surface area is 248 Å². The second-order valence-electron chi connectivity index (χ2n) is 10.9. The molecular formula is C33H44N4O5. The van der Waals surface area contributed by atoms with Crippen LogP contribution in [0.4, 0.5) is 0 Å². The van der Waals surface area contributed by atoms with Crippen LogP contribution in [0.3, 0.4) is 0 Å². The van der Waals surface area contributed by atoms with E-state index in [2.05, 4.69) is 10.5 Å². The Morgan fingerprint density at radius 3 is 2.43 bits per heavy atom. The van der Waals surface area contributed by atoms with E-state index in [-0.39, 0.29) is 43.8 Å². The first-order valence-electron chi connectivity index (χ1n) is 14.6. The van der Waals surface area contributed by atoms with Crippen molar-refractivity contribution in [3.05, 3.63) is 76.7 Å². The third-order valence-corrected chi connectivity index (χ3v) is 7.71. The maximum Gasteiger partial charge on any atom is 0.246 e. The fourth-order valence-electron chi connectivity index (χ4n) is 5.41. The van der Waals surface area contributed by atoms with Gasteiger partial charge in [-0.1, -0.05) is 75.3 Å². The average Bonchev–Trinajstić information content (AvgIpc) is 3.59. The molecule has 0 saturated carbocycles. The van der Waals surface area contributed by atoms with Crippen molar-refractivity contribution in [2.45, 2.75) is 86.2 Å². The number of carbonyl (C=O) groups is 3. The van der Waals surface area contributed by atoms with Gasteiger partial charge in [0.2, 0.25) is 18.2 Å². The van der Waals surface area contributed by atoms with Gasteiger partial charge in [0.05, 0.1) is 12.3 Å². The number of aromatic nitrogens is 1. The Hall–Kier alpha value is -3.98. The molecule has 2 heterocycles. The lowest BCUT2D eigenvalue weighted by Gasteiger charge is -2.35. The Kier molecular flexibility index (Phi) is 11.4. The lowest BCUT2D eigenvalue weighted by atomic mass is 9.99. The molecule has 3 atom stereocenters. The van der Waals surface area contributed by atoms with E-state index < -0.39 is 18.2 Å². The molecule has 2 aromatic carbocycles. The number of nitrogens with one attached hydrogen (secondary N) is 1. The van der Waals surface area contributed by atoms with E-state index in [9.17, 15) is 19.5 Å². The minimum Gasteiger partial charge on any atom is -0.391 e. The molecule has 226 valence electrons. The number of hydrogen-bond acceptors (Lipinski definition) is 6. The molecule has 42 heavy (non-hydrogen) atoms. The highest BCUT2D eigenvalue weighted by Crippen LogP contribution is 2.27. The Morgan fingerprint density at radius 1 is 1.12 bits per heavy atom. The summed E-state index contributed by atoms with van der Waals surface area (Å²) in [6, 6.07) is 12.1. The molecule has 3 amide bonds. The lowest BCUT2D eigenvalue weighted by Crippen LogP contribution is -2.55. The number of rotatable bonds is 10. The highest BCUT2D eigenvalue weighted by molar-refractivity contribution is 5.91. The number of nitrogens with zero attached hydrogens (tertiary/aromatic N) is 3. The second kappa shape index (κ2) is 14.8. The SMILES string of the molecule is CC.Cc1cc(-c2cnoc2C)ccc1CNC(=O)C1CC(O)CN1C(=O)C(C(C)C)N(C=O)Cc1ccccc1C. The zero-order valence-electron chi connectivity index (χ0n) is 25.8. The number of aliphatic hydroxyl groups is 1. The zero-order chi connectivity index (χ0) is 31.0. The molecule has 9 heteroatoms. The average molecular weight is 577 g/mol. The van der Waals surface area contributed by atoms with Crippen LogP contribution in [-0.2, 0) is 27.5 Å². The van der Waals surface area contributed by atoms with E-state index in [0.29, 0.717) is 6.41 Å². The van der Waals surface area contributed by atoms with Gasteiger partial charge in [-0.15, -0.1) is 0 Å². The minimum atomic E-state index is -0.824. The minimum absolute atomic E-state index is 0.0447. The van der Waals surface area contributed by atoms with Crippen molar-refractivity contribution < 1.29 is 24.0 Å². The van der Waals surface area contributed by atoms with E-state index >= 15 is 0 Å². The predicted molar refractivity (Wildman–Crippen MR) is 162 cm³/mol. The molecular weight excluding hydrogens is 532 g/mol. The van der Waals surface area contributed by atoms with Crippen molar-refractivity contribution in [3.8, 4) is 11.1 Å². The van der Waals surface area contributed by atoms with Crippen LogP contribution in [-0.4, -0.2) is 63.0 Å². The van der Waals surface area contributed by atoms with Gasteiger partial charge in [-0.2, -0.15) is 0 Å². The van der Waals surface area contributed by atoms with Gasteiger partial charge in [0, 0.05) is 31.6 Å². The van der Waals surface area contributed by atoms with Crippen molar-refractivity contribution in [1.82, 2.24) is 20.3 Å². The summed E-state index contributed by atoms with van der Waals surface area (Å²) >= 11 is 0. The molecule has 3 unspecified atom stereocenters. The van der Waals surface area contributed by atoms with Crippen molar-refractivity contribution in [1.29, 1.82) is 0 Å². The van der Waals surface area contributed by atoms with E-state index in [1.807, 2.05) is 90.9 Å². The summed E-state index contributed by atoms with van der Waals surface area (Å²) in [7, 11) is 0. The van der Waals surface area contributed by atoms with Crippen LogP contribution < -0.4 is 5.32 Å². The number of β-amino-alcohol motifs (C(OH)–C–C–N with tert-alkyl or cyclic N) is 1. The Bertz CT molecular complexity index is 1370. The van der Waals surface area contributed by atoms with E-state index in [0.717, 1.165) is 39.1 Å². The smallest absolute Gasteiger partial charge is 0.246 e. The fourth-order valence-corrected chi connectivity index (χ4v) is 5.41. The van der Waals surface area contributed by atoms with Gasteiger partial charge in [0.25, 0.3) is 0 Å². The number of benzene rings is 2. The van der Waals surface area contributed by atoms with Crippen LogP contribution in [0.25, 0.3) is 11.1 Å². The fraction of sp³-hybridized carbons (Fsp3) is 0.455. The summed E-state index contributed by atoms with van der Waals surface area (Å²) in [5, 5.41) is 17.3. The number of carbonyl (C=O) groups excluding carboxylic acids is 3. The molecule has 0 bridgehead atoms. The Morgan fingerprint density at radius 2 is 1.83 bits per heavy atom. The van der Waals surface area contributed by atoms with Crippen LogP contribution in [0, 0.1) is 26.7 Å². The summed E-state index contributed by atoms with van der Waals surface area (Å²) < 4.78 is 5.17. The molecule has 0 radical (unpaired) electrons. The van der Waals surface area contributed by atoms with Gasteiger partial charge in [-0.3, -0.25) is 14.4 Å². The maximum atomic E-state index is 13.9. The van der Waals surface area contributed by atoms with Crippen LogP contribution in [0.15, 0.2) is 53.2 Å².